The van der Waals surface area contributed by atoms with E-state index in [-0.39, 0.29) is 11.1 Å². The molecule has 16 heavy (non-hydrogen) atoms. The van der Waals surface area contributed by atoms with Crippen LogP contribution in [0.2, 0.25) is 0 Å². The van der Waals surface area contributed by atoms with Gasteiger partial charge in [-0.25, -0.2) is 13.6 Å². The minimum absolute atomic E-state index is 0.208. The zero-order valence-corrected chi connectivity index (χ0v) is 9.96. The van der Waals surface area contributed by atoms with E-state index in [4.69, 9.17) is 9.56 Å². The van der Waals surface area contributed by atoms with Gasteiger partial charge in [-0.2, -0.15) is 0 Å². The van der Waals surface area contributed by atoms with Crippen LogP contribution in [0.1, 0.15) is 19.1 Å². The van der Waals surface area contributed by atoms with Crippen molar-refractivity contribution in [3.8, 4) is 0 Å². The summed E-state index contributed by atoms with van der Waals surface area (Å²) in [7, 11) is -3.74. The van der Waals surface area contributed by atoms with Crippen LogP contribution in [0.3, 0.4) is 0 Å². The maximum Gasteiger partial charge on any atom is 0.271 e. The van der Waals surface area contributed by atoms with Gasteiger partial charge in [0.1, 0.15) is 5.76 Å². The summed E-state index contributed by atoms with van der Waals surface area (Å²) < 4.78 is 26.9. The molecule has 0 spiro atoms. The first-order valence-electron chi connectivity index (χ1n) is 4.89. The molecule has 5 nitrogen and oxygen atoms in total. The van der Waals surface area contributed by atoms with Gasteiger partial charge in [0.05, 0.1) is 6.54 Å². The standard InChI is InChI=1S/C10H16N2O3S/c1-3-4-8(2)12-7-9-5-6-10(15-9)16(11,13)14/h3,5-6,8,12H,1,4,7H2,2H3,(H2,11,13,14). The minimum Gasteiger partial charge on any atom is -0.447 e. The predicted octanol–water partition coefficient (Wildman–Crippen LogP) is 0.981. The van der Waals surface area contributed by atoms with E-state index in [9.17, 15) is 8.42 Å². The SMILES string of the molecule is C=CCC(C)NCc1ccc(S(N)(=O)=O)o1. The number of rotatable bonds is 6. The fraction of sp³-hybridized carbons (Fsp3) is 0.400. The smallest absolute Gasteiger partial charge is 0.271 e. The first-order valence-corrected chi connectivity index (χ1v) is 6.44. The molecule has 0 aliphatic heterocycles. The van der Waals surface area contributed by atoms with E-state index in [2.05, 4.69) is 11.9 Å². The van der Waals surface area contributed by atoms with Gasteiger partial charge in [0.25, 0.3) is 10.0 Å². The van der Waals surface area contributed by atoms with Gasteiger partial charge in [-0.15, -0.1) is 6.58 Å². The lowest BCUT2D eigenvalue weighted by atomic mass is 10.2. The average molecular weight is 244 g/mol. The largest absolute Gasteiger partial charge is 0.447 e. The Labute approximate surface area is 95.4 Å². The quantitative estimate of drug-likeness (QED) is 0.730. The summed E-state index contributed by atoms with van der Waals surface area (Å²) >= 11 is 0. The summed E-state index contributed by atoms with van der Waals surface area (Å²) in [4.78, 5) is 0. The lowest BCUT2D eigenvalue weighted by Gasteiger charge is -2.09. The molecule has 0 saturated heterocycles. The molecule has 90 valence electrons. The Morgan fingerprint density at radius 2 is 2.31 bits per heavy atom. The molecule has 1 atom stereocenters. The van der Waals surface area contributed by atoms with E-state index >= 15 is 0 Å². The van der Waals surface area contributed by atoms with Crippen LogP contribution in [0.5, 0.6) is 0 Å². The van der Waals surface area contributed by atoms with Crippen molar-refractivity contribution in [1.29, 1.82) is 0 Å². The summed E-state index contributed by atoms with van der Waals surface area (Å²) in [5, 5.41) is 7.87. The molecule has 0 saturated carbocycles. The molecule has 1 heterocycles. The van der Waals surface area contributed by atoms with E-state index in [0.717, 1.165) is 6.42 Å². The molecule has 1 unspecified atom stereocenters. The number of nitrogens with two attached hydrogens (primary N) is 1. The van der Waals surface area contributed by atoms with Crippen molar-refractivity contribution in [1.82, 2.24) is 5.32 Å². The lowest BCUT2D eigenvalue weighted by Crippen LogP contribution is -2.24. The molecule has 6 heteroatoms. The van der Waals surface area contributed by atoms with Gasteiger partial charge < -0.3 is 9.73 Å². The molecule has 0 aliphatic rings. The maximum atomic E-state index is 10.9. The summed E-state index contributed by atoms with van der Waals surface area (Å²) in [6, 6.07) is 3.21. The highest BCUT2D eigenvalue weighted by Crippen LogP contribution is 2.12. The van der Waals surface area contributed by atoms with Crippen LogP contribution in [0.4, 0.5) is 0 Å². The number of nitrogens with one attached hydrogen (secondary N) is 1. The highest BCUT2D eigenvalue weighted by atomic mass is 32.2. The Balaban J connectivity index is 2.56. The van der Waals surface area contributed by atoms with E-state index in [1.165, 1.54) is 6.07 Å². The van der Waals surface area contributed by atoms with Crippen molar-refractivity contribution in [2.24, 2.45) is 5.14 Å². The second-order valence-electron chi connectivity index (χ2n) is 3.57. The van der Waals surface area contributed by atoms with Crippen LogP contribution in [0.15, 0.2) is 34.3 Å². The van der Waals surface area contributed by atoms with Gasteiger partial charge in [-0.05, 0) is 25.5 Å². The molecular formula is C10H16N2O3S. The molecule has 1 rings (SSSR count). The van der Waals surface area contributed by atoms with Crippen molar-refractivity contribution in [2.45, 2.75) is 31.0 Å². The number of furan rings is 1. The van der Waals surface area contributed by atoms with Crippen molar-refractivity contribution in [2.75, 3.05) is 0 Å². The fourth-order valence-corrected chi connectivity index (χ4v) is 1.70. The average Bonchev–Trinajstić information content (AvgIpc) is 2.63. The maximum absolute atomic E-state index is 10.9. The molecule has 0 fully saturated rings. The molecular weight excluding hydrogens is 228 g/mol. The highest BCUT2D eigenvalue weighted by Gasteiger charge is 2.13. The van der Waals surface area contributed by atoms with Gasteiger partial charge in [0.15, 0.2) is 0 Å². The highest BCUT2D eigenvalue weighted by molar-refractivity contribution is 7.89. The Morgan fingerprint density at radius 3 is 2.81 bits per heavy atom. The number of primary sulfonamides is 1. The Morgan fingerprint density at radius 1 is 1.62 bits per heavy atom. The number of hydrogen-bond acceptors (Lipinski definition) is 4. The second-order valence-corrected chi connectivity index (χ2v) is 5.06. The first-order chi connectivity index (χ1) is 7.43. The van der Waals surface area contributed by atoms with Gasteiger partial charge >= 0.3 is 0 Å². The van der Waals surface area contributed by atoms with E-state index in [0.29, 0.717) is 12.3 Å². The van der Waals surface area contributed by atoms with Gasteiger partial charge in [0.2, 0.25) is 5.09 Å². The zero-order chi connectivity index (χ0) is 12.2. The van der Waals surface area contributed by atoms with Crippen molar-refractivity contribution >= 4 is 10.0 Å². The molecule has 1 aromatic heterocycles. The molecule has 3 N–H and O–H groups in total. The third-order valence-electron chi connectivity index (χ3n) is 2.06. The second kappa shape index (κ2) is 5.29. The topological polar surface area (TPSA) is 85.3 Å². The summed E-state index contributed by atoms with van der Waals surface area (Å²) in [5.74, 6) is 0.542. The molecule has 0 aliphatic carbocycles. The van der Waals surface area contributed by atoms with Crippen LogP contribution in [0, 0.1) is 0 Å². The first kappa shape index (κ1) is 13.0. The van der Waals surface area contributed by atoms with Crippen LogP contribution in [-0.4, -0.2) is 14.5 Å². The molecule has 0 bridgehead atoms. The Hall–Kier alpha value is -1.11. The molecule has 0 amide bonds. The summed E-state index contributed by atoms with van der Waals surface area (Å²) in [6.07, 6.45) is 2.65. The Kier molecular flexibility index (Phi) is 4.28. The minimum atomic E-state index is -3.74. The van der Waals surface area contributed by atoms with E-state index in [1.807, 2.05) is 13.0 Å². The van der Waals surface area contributed by atoms with E-state index < -0.39 is 10.0 Å². The molecule has 1 aromatic rings. The van der Waals surface area contributed by atoms with Crippen molar-refractivity contribution in [3.05, 3.63) is 30.5 Å². The summed E-state index contributed by atoms with van der Waals surface area (Å²) in [5.41, 5.74) is 0. The van der Waals surface area contributed by atoms with Crippen molar-refractivity contribution < 1.29 is 12.8 Å². The van der Waals surface area contributed by atoms with Gasteiger partial charge in [-0.1, -0.05) is 6.08 Å². The number of sulfonamides is 1. The predicted molar refractivity (Wildman–Crippen MR) is 61.2 cm³/mol. The normalized spacial score (nSPS) is 13.6. The number of hydrogen-bond donors (Lipinski definition) is 2. The van der Waals surface area contributed by atoms with Crippen LogP contribution >= 0.6 is 0 Å². The third-order valence-corrected chi connectivity index (χ3v) is 2.84. The Bertz CT molecular complexity index is 450. The summed E-state index contributed by atoms with van der Waals surface area (Å²) in [6.45, 7) is 6.10. The van der Waals surface area contributed by atoms with Crippen LogP contribution < -0.4 is 10.5 Å². The van der Waals surface area contributed by atoms with Crippen molar-refractivity contribution in [3.63, 3.8) is 0 Å². The zero-order valence-electron chi connectivity index (χ0n) is 9.14. The van der Waals surface area contributed by atoms with Gasteiger partial charge in [-0.3, -0.25) is 0 Å². The monoisotopic (exact) mass is 244 g/mol. The third kappa shape index (κ3) is 3.80. The fourth-order valence-electron chi connectivity index (χ4n) is 1.21. The lowest BCUT2D eigenvalue weighted by molar-refractivity contribution is 0.392. The molecule has 0 radical (unpaired) electrons. The van der Waals surface area contributed by atoms with E-state index in [1.54, 1.807) is 6.07 Å². The van der Waals surface area contributed by atoms with Gasteiger partial charge in [0, 0.05) is 6.04 Å². The molecule has 0 aromatic carbocycles. The van der Waals surface area contributed by atoms with Crippen LogP contribution in [-0.2, 0) is 16.6 Å². The van der Waals surface area contributed by atoms with Crippen LogP contribution in [0.25, 0.3) is 0 Å².